The predicted molar refractivity (Wildman–Crippen MR) is 40.8 cm³/mol. The zero-order valence-corrected chi connectivity index (χ0v) is 7.16. The Balaban J connectivity index is 2.33. The molecule has 10 heavy (non-hydrogen) atoms. The molecule has 1 aliphatic carbocycles. The molecule has 0 spiro atoms. The first-order valence-corrected chi connectivity index (χ1v) is 4.99. The minimum Gasteiger partial charge on any atom is -0.772 e. The zero-order chi connectivity index (χ0) is 7.56. The zero-order valence-electron chi connectivity index (χ0n) is 5.59. The average molecular weight is 182 g/mol. The van der Waals surface area contributed by atoms with E-state index in [1.54, 1.807) is 0 Å². The molecule has 0 heterocycles. The molecule has 0 N–H and O–H groups in total. The molecular formula is C6H10ClO2S-. The summed E-state index contributed by atoms with van der Waals surface area (Å²) in [6.45, 7) is 0. The van der Waals surface area contributed by atoms with Crippen LogP contribution in [0, 0.1) is 0 Å². The highest BCUT2D eigenvalue weighted by molar-refractivity contribution is 7.79. The fraction of sp³-hybridized carbons (Fsp3) is 1.00. The summed E-state index contributed by atoms with van der Waals surface area (Å²) >= 11 is 3.91. The van der Waals surface area contributed by atoms with Crippen molar-refractivity contribution in [2.75, 3.05) is 0 Å². The molecule has 0 aromatic heterocycles. The summed E-state index contributed by atoms with van der Waals surface area (Å²) < 4.78 is 20.8. The minimum absolute atomic E-state index is 0.130. The average Bonchev–Trinajstić information content (AvgIpc) is 1.88. The Morgan fingerprint density at radius 2 is 1.80 bits per heavy atom. The summed E-state index contributed by atoms with van der Waals surface area (Å²) in [6, 6.07) is 0. The molecule has 0 aromatic rings. The van der Waals surface area contributed by atoms with Gasteiger partial charge in [-0.05, 0) is 25.7 Å². The number of halogens is 1. The third kappa shape index (κ3) is 2.22. The maximum atomic E-state index is 10.4. The SMILES string of the molecule is O=S([O-])C1CCC(Cl)CC1. The van der Waals surface area contributed by atoms with Crippen molar-refractivity contribution in [1.82, 2.24) is 0 Å². The number of hydrogen-bond donors (Lipinski definition) is 0. The molecule has 1 fully saturated rings. The molecule has 1 rings (SSSR count). The number of hydrogen-bond acceptors (Lipinski definition) is 2. The van der Waals surface area contributed by atoms with E-state index in [9.17, 15) is 8.76 Å². The lowest BCUT2D eigenvalue weighted by atomic mass is 10.00. The smallest absolute Gasteiger partial charge is 0.0336 e. The molecule has 1 aliphatic rings. The highest BCUT2D eigenvalue weighted by Gasteiger charge is 2.19. The van der Waals surface area contributed by atoms with Crippen molar-refractivity contribution in [2.24, 2.45) is 0 Å². The Morgan fingerprint density at radius 3 is 2.20 bits per heavy atom. The highest BCUT2D eigenvalue weighted by atomic mass is 35.5. The minimum atomic E-state index is -1.88. The van der Waals surface area contributed by atoms with Gasteiger partial charge in [0.1, 0.15) is 0 Å². The van der Waals surface area contributed by atoms with Gasteiger partial charge in [-0.3, -0.25) is 4.21 Å². The lowest BCUT2D eigenvalue weighted by Gasteiger charge is -2.26. The van der Waals surface area contributed by atoms with Crippen molar-refractivity contribution in [3.63, 3.8) is 0 Å². The number of rotatable bonds is 1. The van der Waals surface area contributed by atoms with Crippen LogP contribution in [0.15, 0.2) is 0 Å². The fourth-order valence-corrected chi connectivity index (χ4v) is 2.12. The maximum absolute atomic E-state index is 10.4. The van der Waals surface area contributed by atoms with Gasteiger partial charge < -0.3 is 4.55 Å². The normalized spacial score (nSPS) is 37.4. The van der Waals surface area contributed by atoms with Crippen molar-refractivity contribution in [3.8, 4) is 0 Å². The van der Waals surface area contributed by atoms with Crippen molar-refractivity contribution in [2.45, 2.75) is 36.3 Å². The standard InChI is InChI=1S/C6H11ClO2S/c7-5-1-3-6(4-2-5)10(8)9/h5-6H,1-4H2,(H,8,9)/p-1. The molecule has 1 unspecified atom stereocenters. The fourth-order valence-electron chi connectivity index (χ4n) is 1.21. The third-order valence-electron chi connectivity index (χ3n) is 1.88. The van der Waals surface area contributed by atoms with Gasteiger partial charge in [-0.1, -0.05) is 11.1 Å². The first-order chi connectivity index (χ1) is 4.70. The van der Waals surface area contributed by atoms with Gasteiger partial charge in [0, 0.05) is 10.6 Å². The monoisotopic (exact) mass is 181 g/mol. The van der Waals surface area contributed by atoms with E-state index in [1.165, 1.54) is 0 Å². The second kappa shape index (κ2) is 3.69. The quantitative estimate of drug-likeness (QED) is 0.454. The Kier molecular flexibility index (Phi) is 3.14. The van der Waals surface area contributed by atoms with E-state index in [1.807, 2.05) is 0 Å². The van der Waals surface area contributed by atoms with E-state index in [0.717, 1.165) is 25.7 Å². The second-order valence-electron chi connectivity index (χ2n) is 2.63. The Morgan fingerprint density at radius 1 is 1.30 bits per heavy atom. The van der Waals surface area contributed by atoms with Crippen LogP contribution in [0.5, 0.6) is 0 Å². The highest BCUT2D eigenvalue weighted by Crippen LogP contribution is 2.25. The molecule has 60 valence electrons. The van der Waals surface area contributed by atoms with Crippen LogP contribution in [-0.2, 0) is 11.1 Å². The second-order valence-corrected chi connectivity index (χ2v) is 4.44. The van der Waals surface area contributed by atoms with E-state index in [0.29, 0.717) is 0 Å². The van der Waals surface area contributed by atoms with Gasteiger partial charge >= 0.3 is 0 Å². The van der Waals surface area contributed by atoms with Gasteiger partial charge in [0.2, 0.25) is 0 Å². The molecule has 0 aliphatic heterocycles. The summed E-state index contributed by atoms with van der Waals surface area (Å²) in [5.41, 5.74) is 0. The van der Waals surface area contributed by atoms with Crippen molar-refractivity contribution in [1.29, 1.82) is 0 Å². The summed E-state index contributed by atoms with van der Waals surface area (Å²) in [5.74, 6) is 0. The topological polar surface area (TPSA) is 40.1 Å². The summed E-state index contributed by atoms with van der Waals surface area (Å²) in [7, 11) is 0. The van der Waals surface area contributed by atoms with Gasteiger partial charge in [-0.2, -0.15) is 0 Å². The molecule has 0 bridgehead atoms. The largest absolute Gasteiger partial charge is 0.772 e. The molecule has 1 atom stereocenters. The maximum Gasteiger partial charge on any atom is 0.0336 e. The Bertz CT molecular complexity index is 132. The predicted octanol–water partition coefficient (Wildman–Crippen LogP) is 1.42. The van der Waals surface area contributed by atoms with Crippen LogP contribution >= 0.6 is 11.6 Å². The first kappa shape index (κ1) is 8.50. The van der Waals surface area contributed by atoms with Crippen molar-refractivity contribution < 1.29 is 8.76 Å². The van der Waals surface area contributed by atoms with Crippen LogP contribution in [0.1, 0.15) is 25.7 Å². The molecular weight excluding hydrogens is 172 g/mol. The Hall–Kier alpha value is 0.400. The van der Waals surface area contributed by atoms with Crippen LogP contribution in [0.25, 0.3) is 0 Å². The lowest BCUT2D eigenvalue weighted by Crippen LogP contribution is -2.22. The van der Waals surface area contributed by atoms with E-state index < -0.39 is 11.1 Å². The summed E-state index contributed by atoms with van der Waals surface area (Å²) in [5, 5.41) is 0.0785. The molecule has 0 radical (unpaired) electrons. The molecule has 0 amide bonds. The summed E-state index contributed by atoms with van der Waals surface area (Å²) in [4.78, 5) is 0. The van der Waals surface area contributed by atoms with E-state index in [4.69, 9.17) is 11.6 Å². The first-order valence-electron chi connectivity index (χ1n) is 3.42. The van der Waals surface area contributed by atoms with E-state index in [2.05, 4.69) is 0 Å². The number of alkyl halides is 1. The molecule has 2 nitrogen and oxygen atoms in total. The molecule has 4 heteroatoms. The molecule has 1 saturated carbocycles. The van der Waals surface area contributed by atoms with Crippen molar-refractivity contribution in [3.05, 3.63) is 0 Å². The van der Waals surface area contributed by atoms with Gasteiger partial charge in [-0.15, -0.1) is 11.6 Å². The Labute approximate surface area is 68.2 Å². The van der Waals surface area contributed by atoms with Gasteiger partial charge in [0.15, 0.2) is 0 Å². The van der Waals surface area contributed by atoms with Crippen LogP contribution in [0.4, 0.5) is 0 Å². The lowest BCUT2D eigenvalue weighted by molar-refractivity contribution is 0.465. The van der Waals surface area contributed by atoms with E-state index >= 15 is 0 Å². The van der Waals surface area contributed by atoms with Gasteiger partial charge in [-0.25, -0.2) is 0 Å². The van der Waals surface area contributed by atoms with Gasteiger partial charge in [0.25, 0.3) is 0 Å². The van der Waals surface area contributed by atoms with Crippen molar-refractivity contribution >= 4 is 22.7 Å². The van der Waals surface area contributed by atoms with E-state index in [-0.39, 0.29) is 10.6 Å². The molecule has 0 aromatic carbocycles. The molecule has 0 saturated heterocycles. The third-order valence-corrected chi connectivity index (χ3v) is 3.33. The van der Waals surface area contributed by atoms with Crippen LogP contribution in [0.2, 0.25) is 0 Å². The summed E-state index contributed by atoms with van der Waals surface area (Å²) in [6.07, 6.45) is 3.18. The van der Waals surface area contributed by atoms with Crippen LogP contribution in [-0.4, -0.2) is 19.4 Å². The van der Waals surface area contributed by atoms with Gasteiger partial charge in [0.05, 0.1) is 0 Å². The van der Waals surface area contributed by atoms with Crippen LogP contribution < -0.4 is 0 Å². The van der Waals surface area contributed by atoms with Crippen LogP contribution in [0.3, 0.4) is 0 Å².